The van der Waals surface area contributed by atoms with E-state index in [-0.39, 0.29) is 0 Å². The first-order valence-corrected chi connectivity index (χ1v) is 7.48. The monoisotopic (exact) mass is 358 g/mol. The van der Waals surface area contributed by atoms with Gasteiger partial charge in [-0.05, 0) is 12.1 Å². The molecular formula is C14H15BrO6. The van der Waals surface area contributed by atoms with Crippen LogP contribution in [-0.4, -0.2) is 47.0 Å². The minimum Gasteiger partial charge on any atom is -0.453 e. The van der Waals surface area contributed by atoms with E-state index in [0.717, 1.165) is 0 Å². The highest BCUT2D eigenvalue weighted by Gasteiger charge is 2.48. The first-order valence-electron chi connectivity index (χ1n) is 6.35. The highest BCUT2D eigenvalue weighted by Crippen LogP contribution is 2.27. The number of aliphatic hydroxyl groups is 1. The lowest BCUT2D eigenvalue weighted by molar-refractivity contribution is -0.169. The summed E-state index contributed by atoms with van der Waals surface area (Å²) in [6.07, 6.45) is -3.85. The second-order valence-electron chi connectivity index (χ2n) is 4.53. The number of esters is 2. The van der Waals surface area contributed by atoms with Crippen molar-refractivity contribution < 1.29 is 28.9 Å². The van der Waals surface area contributed by atoms with Crippen LogP contribution in [0.1, 0.15) is 17.3 Å². The van der Waals surface area contributed by atoms with Crippen molar-refractivity contribution in [2.45, 2.75) is 31.5 Å². The lowest BCUT2D eigenvalue weighted by atomic mass is 10.1. The summed E-state index contributed by atoms with van der Waals surface area (Å²) in [5.74, 6) is -1.15. The van der Waals surface area contributed by atoms with Crippen molar-refractivity contribution in [1.29, 1.82) is 0 Å². The number of halogens is 1. The Morgan fingerprint density at radius 1 is 1.24 bits per heavy atom. The molecule has 0 saturated carbocycles. The van der Waals surface area contributed by atoms with Gasteiger partial charge in [-0.3, -0.25) is 4.79 Å². The predicted octanol–water partition coefficient (Wildman–Crippen LogP) is 1.26. The van der Waals surface area contributed by atoms with Gasteiger partial charge in [-0.1, -0.05) is 34.1 Å². The van der Waals surface area contributed by atoms with Gasteiger partial charge in [0.25, 0.3) is 0 Å². The number of aliphatic hydroxyl groups excluding tert-OH is 1. The Hall–Kier alpha value is -1.44. The summed E-state index contributed by atoms with van der Waals surface area (Å²) in [5, 5.41) is 10.1. The molecule has 4 atom stereocenters. The third-order valence-corrected chi connectivity index (χ3v) is 3.63. The molecule has 1 saturated heterocycles. The third kappa shape index (κ3) is 3.81. The highest BCUT2D eigenvalue weighted by molar-refractivity contribution is 9.09. The highest BCUT2D eigenvalue weighted by atomic mass is 79.9. The van der Waals surface area contributed by atoms with E-state index >= 15 is 0 Å². The molecule has 1 aromatic rings. The third-order valence-electron chi connectivity index (χ3n) is 2.99. The van der Waals surface area contributed by atoms with E-state index in [2.05, 4.69) is 15.9 Å². The number of rotatable bonds is 4. The van der Waals surface area contributed by atoms with E-state index < -0.39 is 36.5 Å². The van der Waals surface area contributed by atoms with Gasteiger partial charge in [-0.15, -0.1) is 0 Å². The van der Waals surface area contributed by atoms with E-state index in [9.17, 15) is 14.7 Å². The number of carbonyl (C=O) groups is 2. The van der Waals surface area contributed by atoms with Crippen LogP contribution in [0, 0.1) is 0 Å². The summed E-state index contributed by atoms with van der Waals surface area (Å²) in [4.78, 5) is 23.2. The fourth-order valence-corrected chi connectivity index (χ4v) is 2.58. The number of carbonyl (C=O) groups excluding carboxylic acids is 2. The van der Waals surface area contributed by atoms with Gasteiger partial charge in [-0.25, -0.2) is 4.79 Å². The lowest BCUT2D eigenvalue weighted by Crippen LogP contribution is -2.40. The minimum atomic E-state index is -1.33. The zero-order valence-corrected chi connectivity index (χ0v) is 12.9. The zero-order chi connectivity index (χ0) is 15.4. The lowest BCUT2D eigenvalue weighted by Gasteiger charge is -2.22. The minimum absolute atomic E-state index is 0.328. The largest absolute Gasteiger partial charge is 0.453 e. The zero-order valence-electron chi connectivity index (χ0n) is 11.3. The molecule has 0 spiro atoms. The predicted molar refractivity (Wildman–Crippen MR) is 75.9 cm³/mol. The van der Waals surface area contributed by atoms with Crippen molar-refractivity contribution in [2.24, 2.45) is 0 Å². The van der Waals surface area contributed by atoms with Crippen molar-refractivity contribution >= 4 is 27.9 Å². The standard InChI is InChI=1S/C14H15BrO6/c1-8(16)19-12-11(10(7-15)20-14(12)18)21-13(17)9-5-3-2-4-6-9/h2-6,10-12,14,18H,7H2,1H3/t10-,11+,12-,14-/m1/s1. The number of alkyl halides is 1. The van der Waals surface area contributed by atoms with Crippen LogP contribution in [0.5, 0.6) is 0 Å². The van der Waals surface area contributed by atoms with Crippen molar-refractivity contribution in [3.63, 3.8) is 0 Å². The Labute approximate surface area is 130 Å². The Bertz CT molecular complexity index is 505. The molecule has 0 radical (unpaired) electrons. The molecule has 2 rings (SSSR count). The molecule has 0 aliphatic carbocycles. The molecule has 0 aromatic heterocycles. The molecule has 1 heterocycles. The van der Waals surface area contributed by atoms with E-state index in [0.29, 0.717) is 10.9 Å². The number of hydrogen-bond acceptors (Lipinski definition) is 6. The molecule has 0 amide bonds. The molecule has 0 unspecified atom stereocenters. The van der Waals surface area contributed by atoms with E-state index in [1.165, 1.54) is 6.92 Å². The van der Waals surface area contributed by atoms with Crippen LogP contribution in [0.15, 0.2) is 30.3 Å². The number of ether oxygens (including phenoxy) is 3. The summed E-state index contributed by atoms with van der Waals surface area (Å²) in [6.45, 7) is 1.21. The van der Waals surface area contributed by atoms with Gasteiger partial charge in [0.2, 0.25) is 0 Å². The van der Waals surface area contributed by atoms with Crippen molar-refractivity contribution in [1.82, 2.24) is 0 Å². The summed E-state index contributed by atoms with van der Waals surface area (Å²) >= 11 is 3.22. The van der Waals surface area contributed by atoms with Crippen LogP contribution in [0.2, 0.25) is 0 Å². The maximum Gasteiger partial charge on any atom is 0.338 e. The summed E-state index contributed by atoms with van der Waals surface area (Å²) in [7, 11) is 0. The molecule has 114 valence electrons. The molecule has 1 aromatic carbocycles. The van der Waals surface area contributed by atoms with E-state index in [1.807, 2.05) is 0 Å². The van der Waals surface area contributed by atoms with Crippen LogP contribution in [0.3, 0.4) is 0 Å². The van der Waals surface area contributed by atoms with E-state index in [4.69, 9.17) is 14.2 Å². The number of hydrogen-bond donors (Lipinski definition) is 1. The second-order valence-corrected chi connectivity index (χ2v) is 5.18. The Morgan fingerprint density at radius 3 is 2.48 bits per heavy atom. The smallest absolute Gasteiger partial charge is 0.338 e. The quantitative estimate of drug-likeness (QED) is 0.644. The fraction of sp³-hybridized carbons (Fsp3) is 0.429. The van der Waals surface area contributed by atoms with E-state index in [1.54, 1.807) is 30.3 Å². The molecule has 1 fully saturated rings. The average molecular weight is 359 g/mol. The van der Waals surface area contributed by atoms with Crippen LogP contribution in [0.4, 0.5) is 0 Å². The van der Waals surface area contributed by atoms with Crippen molar-refractivity contribution in [3.8, 4) is 0 Å². The van der Waals surface area contributed by atoms with Gasteiger partial charge in [0.1, 0.15) is 6.10 Å². The van der Waals surface area contributed by atoms with Gasteiger partial charge in [0.15, 0.2) is 18.5 Å². The molecule has 21 heavy (non-hydrogen) atoms. The number of benzene rings is 1. The molecular weight excluding hydrogens is 344 g/mol. The normalized spacial score (nSPS) is 28.1. The SMILES string of the molecule is CC(=O)O[C@@H]1[C@@H](OC(=O)c2ccccc2)[C@@H](CBr)O[C@H]1O. The average Bonchev–Trinajstić information content (AvgIpc) is 2.76. The van der Waals surface area contributed by atoms with Crippen LogP contribution < -0.4 is 0 Å². The van der Waals surface area contributed by atoms with Gasteiger partial charge < -0.3 is 19.3 Å². The Kier molecular flexibility index (Phi) is 5.33. The maximum absolute atomic E-state index is 12.1. The summed E-state index contributed by atoms with van der Waals surface area (Å²) in [5.41, 5.74) is 0.369. The van der Waals surface area contributed by atoms with Crippen LogP contribution in [0.25, 0.3) is 0 Å². The van der Waals surface area contributed by atoms with Crippen LogP contribution in [-0.2, 0) is 19.0 Å². The Balaban J connectivity index is 2.13. The summed E-state index contributed by atoms with van der Waals surface area (Å²) < 4.78 is 15.6. The molecule has 7 heteroatoms. The second kappa shape index (κ2) is 7.02. The van der Waals surface area contributed by atoms with Crippen molar-refractivity contribution in [2.75, 3.05) is 5.33 Å². The fourth-order valence-electron chi connectivity index (χ4n) is 2.06. The molecule has 1 N–H and O–H groups in total. The topological polar surface area (TPSA) is 82.1 Å². The van der Waals surface area contributed by atoms with Crippen LogP contribution >= 0.6 is 15.9 Å². The molecule has 1 aliphatic rings. The first kappa shape index (κ1) is 15.9. The van der Waals surface area contributed by atoms with Gasteiger partial charge >= 0.3 is 11.9 Å². The molecule has 0 bridgehead atoms. The summed E-state index contributed by atoms with van der Waals surface area (Å²) in [6, 6.07) is 8.42. The molecule has 6 nitrogen and oxygen atoms in total. The maximum atomic E-state index is 12.1. The van der Waals surface area contributed by atoms with Gasteiger partial charge in [0.05, 0.1) is 5.56 Å². The first-order chi connectivity index (χ1) is 10.0. The van der Waals surface area contributed by atoms with Gasteiger partial charge in [-0.2, -0.15) is 0 Å². The van der Waals surface area contributed by atoms with Crippen molar-refractivity contribution in [3.05, 3.63) is 35.9 Å². The van der Waals surface area contributed by atoms with Gasteiger partial charge in [0, 0.05) is 12.3 Å². The molecule has 1 aliphatic heterocycles. The Morgan fingerprint density at radius 2 is 1.90 bits per heavy atom.